The predicted octanol–water partition coefficient (Wildman–Crippen LogP) is 0.608. The Morgan fingerprint density at radius 3 is 2.93 bits per heavy atom. The third kappa shape index (κ3) is 1.99. The number of aromatic nitrogens is 2. The summed E-state index contributed by atoms with van der Waals surface area (Å²) in [6.07, 6.45) is 5.57. The summed E-state index contributed by atoms with van der Waals surface area (Å²) in [5.74, 6) is 1.08. The quantitative estimate of drug-likeness (QED) is 0.724. The topological polar surface area (TPSA) is 41.1 Å². The highest BCUT2D eigenvalue weighted by atomic mass is 32.2. The van der Waals surface area contributed by atoms with Gasteiger partial charge in [0.05, 0.1) is 4.90 Å². The summed E-state index contributed by atoms with van der Waals surface area (Å²) in [4.78, 5) is 11.8. The molecule has 0 spiro atoms. The van der Waals surface area contributed by atoms with Crippen LogP contribution in [0.5, 0.6) is 0 Å². The molecule has 1 aliphatic rings. The van der Waals surface area contributed by atoms with E-state index in [0.29, 0.717) is 0 Å². The summed E-state index contributed by atoms with van der Waals surface area (Å²) in [6, 6.07) is 0. The smallest absolute Gasteiger partial charge is 0.145 e. The van der Waals surface area contributed by atoms with Gasteiger partial charge in [-0.2, -0.15) is 0 Å². The summed E-state index contributed by atoms with van der Waals surface area (Å²) < 4.78 is 0. The van der Waals surface area contributed by atoms with Crippen LogP contribution in [0.3, 0.4) is 0 Å². The molecule has 2 rings (SSSR count). The maximum Gasteiger partial charge on any atom is 0.145 e. The molecule has 1 aromatic heterocycles. The predicted molar refractivity (Wildman–Crippen MR) is 58.9 cm³/mol. The first kappa shape index (κ1) is 9.73. The fraction of sp³-hybridized carbons (Fsp3) is 0.556. The highest BCUT2D eigenvalue weighted by molar-refractivity contribution is 7.98. The largest absolute Gasteiger partial charge is 0.353 e. The monoisotopic (exact) mass is 210 g/mol. The molecule has 14 heavy (non-hydrogen) atoms. The zero-order valence-corrected chi connectivity index (χ0v) is 9.05. The molecule has 1 fully saturated rings. The average Bonchev–Trinajstić information content (AvgIpc) is 2.30. The second-order valence-corrected chi connectivity index (χ2v) is 4.00. The zero-order chi connectivity index (χ0) is 9.80. The molecule has 1 aliphatic heterocycles. The maximum atomic E-state index is 4.34. The van der Waals surface area contributed by atoms with Crippen LogP contribution in [0.2, 0.25) is 0 Å². The molecular formula is C9H14N4S. The molecule has 4 nitrogen and oxygen atoms in total. The molecule has 0 bridgehead atoms. The van der Waals surface area contributed by atoms with Crippen molar-refractivity contribution >= 4 is 17.6 Å². The number of piperazine rings is 1. The number of nitrogens with one attached hydrogen (secondary N) is 1. The third-order valence-electron chi connectivity index (χ3n) is 2.30. The van der Waals surface area contributed by atoms with E-state index in [0.717, 1.165) is 36.9 Å². The van der Waals surface area contributed by atoms with Crippen molar-refractivity contribution in [1.82, 2.24) is 15.3 Å². The van der Waals surface area contributed by atoms with Gasteiger partial charge in [-0.25, -0.2) is 9.97 Å². The first-order chi connectivity index (χ1) is 6.92. The summed E-state index contributed by atoms with van der Waals surface area (Å²) in [6.45, 7) is 4.14. The molecule has 5 heteroatoms. The standard InChI is InChI=1S/C9H14N4S/c1-14-8-6-11-7-12-9(8)13-4-2-10-3-5-13/h6-7,10H,2-5H2,1H3. The number of thioether (sulfide) groups is 1. The summed E-state index contributed by atoms with van der Waals surface area (Å²) in [7, 11) is 0. The molecule has 0 aromatic carbocycles. The van der Waals surface area contributed by atoms with Crippen molar-refractivity contribution in [3.05, 3.63) is 12.5 Å². The highest BCUT2D eigenvalue weighted by Gasteiger charge is 2.14. The lowest BCUT2D eigenvalue weighted by molar-refractivity contribution is 0.581. The minimum Gasteiger partial charge on any atom is -0.353 e. The Balaban J connectivity index is 2.20. The normalized spacial score (nSPS) is 17.1. The molecule has 0 atom stereocenters. The maximum absolute atomic E-state index is 4.34. The van der Waals surface area contributed by atoms with Gasteiger partial charge in [0.25, 0.3) is 0 Å². The minimum atomic E-state index is 1.03. The number of nitrogens with zero attached hydrogens (tertiary/aromatic N) is 3. The minimum absolute atomic E-state index is 1.03. The van der Waals surface area contributed by atoms with Gasteiger partial charge in [-0.1, -0.05) is 0 Å². The van der Waals surface area contributed by atoms with Crippen molar-refractivity contribution in [1.29, 1.82) is 0 Å². The highest BCUT2D eigenvalue weighted by Crippen LogP contribution is 2.24. The number of rotatable bonds is 2. The summed E-state index contributed by atoms with van der Waals surface area (Å²) >= 11 is 1.70. The molecule has 0 aliphatic carbocycles. The lowest BCUT2D eigenvalue weighted by Gasteiger charge is -2.29. The number of hydrogen-bond donors (Lipinski definition) is 1. The summed E-state index contributed by atoms with van der Waals surface area (Å²) in [5.41, 5.74) is 0. The Morgan fingerprint density at radius 1 is 1.43 bits per heavy atom. The van der Waals surface area contributed by atoms with Crippen molar-refractivity contribution < 1.29 is 0 Å². The van der Waals surface area contributed by atoms with Gasteiger partial charge in [0, 0.05) is 32.4 Å². The van der Waals surface area contributed by atoms with Crippen LogP contribution in [0.25, 0.3) is 0 Å². The Bertz CT molecular complexity index is 299. The molecule has 0 unspecified atom stereocenters. The van der Waals surface area contributed by atoms with Gasteiger partial charge in [-0.15, -0.1) is 11.8 Å². The van der Waals surface area contributed by atoms with Gasteiger partial charge in [0.1, 0.15) is 12.1 Å². The third-order valence-corrected chi connectivity index (χ3v) is 3.02. The van der Waals surface area contributed by atoms with Crippen LogP contribution < -0.4 is 10.2 Å². The Kier molecular flexibility index (Phi) is 3.21. The molecule has 1 aromatic rings. The molecule has 1 N–H and O–H groups in total. The average molecular weight is 210 g/mol. The molecular weight excluding hydrogens is 196 g/mol. The van der Waals surface area contributed by atoms with Gasteiger partial charge in [0.2, 0.25) is 0 Å². The molecule has 0 amide bonds. The van der Waals surface area contributed by atoms with Crippen LogP contribution in [0, 0.1) is 0 Å². The van der Waals surface area contributed by atoms with Gasteiger partial charge < -0.3 is 10.2 Å². The van der Waals surface area contributed by atoms with Crippen LogP contribution >= 0.6 is 11.8 Å². The van der Waals surface area contributed by atoms with Crippen molar-refractivity contribution in [2.75, 3.05) is 37.3 Å². The molecule has 1 saturated heterocycles. The van der Waals surface area contributed by atoms with Crippen molar-refractivity contribution in [3.63, 3.8) is 0 Å². The Labute approximate surface area is 88.1 Å². The van der Waals surface area contributed by atoms with Crippen LogP contribution in [-0.4, -0.2) is 42.4 Å². The van der Waals surface area contributed by atoms with E-state index >= 15 is 0 Å². The van der Waals surface area contributed by atoms with Gasteiger partial charge in [-0.3, -0.25) is 0 Å². The van der Waals surface area contributed by atoms with E-state index in [1.165, 1.54) is 0 Å². The second-order valence-electron chi connectivity index (χ2n) is 3.15. The second kappa shape index (κ2) is 4.61. The van der Waals surface area contributed by atoms with Crippen LogP contribution in [0.15, 0.2) is 17.4 Å². The molecule has 76 valence electrons. The van der Waals surface area contributed by atoms with Crippen LogP contribution in [0.4, 0.5) is 5.82 Å². The van der Waals surface area contributed by atoms with Gasteiger partial charge in [-0.05, 0) is 6.26 Å². The first-order valence-electron chi connectivity index (χ1n) is 4.71. The van der Waals surface area contributed by atoms with Crippen LogP contribution in [0.1, 0.15) is 0 Å². The Morgan fingerprint density at radius 2 is 2.21 bits per heavy atom. The van der Waals surface area contributed by atoms with E-state index in [9.17, 15) is 0 Å². The van der Waals surface area contributed by atoms with E-state index in [-0.39, 0.29) is 0 Å². The first-order valence-corrected chi connectivity index (χ1v) is 5.94. The SMILES string of the molecule is CSc1cncnc1N1CCNCC1. The lowest BCUT2D eigenvalue weighted by Crippen LogP contribution is -2.44. The van der Waals surface area contributed by atoms with E-state index in [2.05, 4.69) is 26.4 Å². The Hall–Kier alpha value is -0.810. The van der Waals surface area contributed by atoms with Gasteiger partial charge >= 0.3 is 0 Å². The van der Waals surface area contributed by atoms with Crippen LogP contribution in [-0.2, 0) is 0 Å². The van der Waals surface area contributed by atoms with E-state index in [1.807, 2.05) is 6.20 Å². The van der Waals surface area contributed by atoms with E-state index in [1.54, 1.807) is 18.1 Å². The van der Waals surface area contributed by atoms with Crippen molar-refractivity contribution in [2.24, 2.45) is 0 Å². The molecule has 2 heterocycles. The fourth-order valence-electron chi connectivity index (χ4n) is 1.57. The lowest BCUT2D eigenvalue weighted by atomic mass is 10.3. The fourth-order valence-corrected chi connectivity index (χ4v) is 2.10. The number of anilines is 1. The van der Waals surface area contributed by atoms with Crippen molar-refractivity contribution in [3.8, 4) is 0 Å². The van der Waals surface area contributed by atoms with Crippen molar-refractivity contribution in [2.45, 2.75) is 4.90 Å². The zero-order valence-electron chi connectivity index (χ0n) is 8.23. The van der Waals surface area contributed by atoms with E-state index in [4.69, 9.17) is 0 Å². The molecule has 0 radical (unpaired) electrons. The summed E-state index contributed by atoms with van der Waals surface area (Å²) in [5, 5.41) is 3.33. The number of hydrogen-bond acceptors (Lipinski definition) is 5. The molecule has 0 saturated carbocycles. The van der Waals surface area contributed by atoms with Gasteiger partial charge in [0.15, 0.2) is 0 Å². The van der Waals surface area contributed by atoms with E-state index < -0.39 is 0 Å².